The Kier molecular flexibility index (Phi) is 6.40. The lowest BCUT2D eigenvalue weighted by Gasteiger charge is -2.27. The predicted octanol–water partition coefficient (Wildman–Crippen LogP) is 4.90. The Morgan fingerprint density at radius 1 is 1.16 bits per heavy atom. The highest BCUT2D eigenvalue weighted by atomic mass is 35.5. The fraction of sp³-hybridized carbons (Fsp3) is 0.333. The van der Waals surface area contributed by atoms with E-state index >= 15 is 0 Å². The topological polar surface area (TPSA) is 72.3 Å². The smallest absolute Gasteiger partial charge is 0.254 e. The minimum absolute atomic E-state index is 0.0813. The summed E-state index contributed by atoms with van der Waals surface area (Å²) >= 11 is 6.08. The summed E-state index contributed by atoms with van der Waals surface area (Å²) in [6.45, 7) is 4.15. The van der Waals surface area contributed by atoms with Crippen molar-refractivity contribution in [2.24, 2.45) is 0 Å². The van der Waals surface area contributed by atoms with Gasteiger partial charge in [0.2, 0.25) is 15.0 Å². The van der Waals surface area contributed by atoms with Crippen LogP contribution in [0.25, 0.3) is 0 Å². The van der Waals surface area contributed by atoms with Gasteiger partial charge in [-0.25, -0.2) is 13.4 Å². The highest BCUT2D eigenvalue weighted by Crippen LogP contribution is 2.39. The summed E-state index contributed by atoms with van der Waals surface area (Å²) in [5.41, 5.74) is 1.95. The zero-order valence-electron chi connectivity index (χ0n) is 18.1. The molecule has 8 heteroatoms. The van der Waals surface area contributed by atoms with Crippen molar-refractivity contribution in [3.63, 3.8) is 0 Å². The van der Waals surface area contributed by atoms with E-state index in [0.717, 1.165) is 24.1 Å². The molecule has 0 atom stereocenters. The molecule has 1 aromatic heterocycles. The zero-order valence-corrected chi connectivity index (χ0v) is 19.7. The molecule has 0 N–H and O–H groups in total. The molecular weight excluding hydrogens is 446 g/mol. The van der Waals surface area contributed by atoms with Crippen LogP contribution in [0.4, 0.5) is 0 Å². The second-order valence-electron chi connectivity index (χ2n) is 8.42. The Morgan fingerprint density at radius 3 is 2.50 bits per heavy atom. The molecule has 1 fully saturated rings. The summed E-state index contributed by atoms with van der Waals surface area (Å²) < 4.78 is 28.2. The van der Waals surface area contributed by atoms with Gasteiger partial charge >= 0.3 is 0 Å². The highest BCUT2D eigenvalue weighted by molar-refractivity contribution is 7.90. The van der Waals surface area contributed by atoms with Crippen LogP contribution in [0.5, 0.6) is 0 Å². The highest BCUT2D eigenvalue weighted by Gasteiger charge is 2.34. The molecule has 1 saturated carbocycles. The molecule has 0 saturated heterocycles. The van der Waals surface area contributed by atoms with E-state index in [9.17, 15) is 13.2 Å². The van der Waals surface area contributed by atoms with Gasteiger partial charge in [-0.2, -0.15) is 0 Å². The molecule has 0 unspecified atom stereocenters. The minimum atomic E-state index is -3.63. The summed E-state index contributed by atoms with van der Waals surface area (Å²) in [5, 5.41) is 0.578. The summed E-state index contributed by atoms with van der Waals surface area (Å²) in [4.78, 5) is 19.2. The Morgan fingerprint density at radius 2 is 1.88 bits per heavy atom. The lowest BCUT2D eigenvalue weighted by molar-refractivity contribution is 0.0685. The van der Waals surface area contributed by atoms with E-state index < -0.39 is 9.84 Å². The van der Waals surface area contributed by atoms with E-state index in [1.54, 1.807) is 47.5 Å². The fourth-order valence-electron chi connectivity index (χ4n) is 3.76. The van der Waals surface area contributed by atoms with Gasteiger partial charge in [0.15, 0.2) is 0 Å². The van der Waals surface area contributed by atoms with E-state index in [1.165, 1.54) is 0 Å². The number of aromatic nitrogens is 2. The largest absolute Gasteiger partial charge is 0.330 e. The number of sulfone groups is 1. The van der Waals surface area contributed by atoms with Gasteiger partial charge in [-0.3, -0.25) is 4.79 Å². The Hall–Kier alpha value is -2.64. The van der Waals surface area contributed by atoms with Gasteiger partial charge < -0.3 is 9.47 Å². The number of hydrogen-bond acceptors (Lipinski definition) is 4. The molecule has 6 nitrogen and oxygen atoms in total. The summed E-state index contributed by atoms with van der Waals surface area (Å²) in [5.74, 6) is -0.258. The molecule has 3 aromatic rings. The maximum atomic E-state index is 13.2. The monoisotopic (exact) mass is 471 g/mol. The van der Waals surface area contributed by atoms with Crippen LogP contribution in [0, 0.1) is 0 Å². The maximum absolute atomic E-state index is 13.2. The van der Waals surface area contributed by atoms with Crippen molar-refractivity contribution < 1.29 is 13.2 Å². The molecular formula is C24H26ClN3O3S. The van der Waals surface area contributed by atoms with E-state index in [0.29, 0.717) is 10.6 Å². The van der Waals surface area contributed by atoms with Gasteiger partial charge in [-0.1, -0.05) is 48.0 Å². The molecule has 0 spiro atoms. The Bertz CT molecular complexity index is 1220. The van der Waals surface area contributed by atoms with Crippen LogP contribution in [0.1, 0.15) is 54.3 Å². The van der Waals surface area contributed by atoms with Crippen LogP contribution < -0.4 is 0 Å². The molecule has 0 radical (unpaired) electrons. The van der Waals surface area contributed by atoms with Gasteiger partial charge in [0, 0.05) is 22.7 Å². The number of imidazole rings is 1. The third kappa shape index (κ3) is 4.89. The fourth-order valence-corrected chi connectivity index (χ4v) is 5.49. The van der Waals surface area contributed by atoms with Gasteiger partial charge in [-0.05, 0) is 50.5 Å². The summed E-state index contributed by atoms with van der Waals surface area (Å²) in [7, 11) is -3.63. The van der Waals surface area contributed by atoms with Crippen LogP contribution in [0.2, 0.25) is 5.02 Å². The molecule has 1 amide bonds. The van der Waals surface area contributed by atoms with Gasteiger partial charge in [0.25, 0.3) is 5.91 Å². The Balaban J connectivity index is 1.65. The molecule has 2 aromatic carbocycles. The lowest BCUT2D eigenvalue weighted by atomic mass is 10.1. The molecule has 4 rings (SSSR count). The first-order valence-electron chi connectivity index (χ1n) is 10.7. The number of hydrogen-bond donors (Lipinski definition) is 0. The zero-order chi connectivity index (χ0) is 22.9. The van der Waals surface area contributed by atoms with Crippen LogP contribution >= 0.6 is 11.6 Å². The molecule has 1 heterocycles. The average Bonchev–Trinajstić information content (AvgIpc) is 3.50. The Labute approximate surface area is 193 Å². The average molecular weight is 472 g/mol. The number of benzene rings is 2. The summed E-state index contributed by atoms with van der Waals surface area (Å²) in [6.07, 6.45) is 3.40. The maximum Gasteiger partial charge on any atom is 0.254 e. The van der Waals surface area contributed by atoms with Gasteiger partial charge in [0.1, 0.15) is 0 Å². The molecule has 0 bridgehead atoms. The van der Waals surface area contributed by atoms with Gasteiger partial charge in [-0.15, -0.1) is 0 Å². The number of carbonyl (C=O) groups excluding carboxylic acids is 1. The van der Waals surface area contributed by atoms with Crippen LogP contribution in [-0.2, 0) is 22.1 Å². The first-order valence-corrected chi connectivity index (χ1v) is 12.7. The van der Waals surface area contributed by atoms with Crippen LogP contribution in [0.3, 0.4) is 0 Å². The third-order valence-electron chi connectivity index (χ3n) is 5.52. The van der Waals surface area contributed by atoms with Crippen molar-refractivity contribution in [1.82, 2.24) is 14.5 Å². The molecule has 1 aliphatic rings. The number of amides is 1. The van der Waals surface area contributed by atoms with Crippen molar-refractivity contribution in [1.29, 1.82) is 0 Å². The summed E-state index contributed by atoms with van der Waals surface area (Å²) in [6, 6.07) is 16.0. The normalized spacial score (nSPS) is 14.0. The van der Waals surface area contributed by atoms with Crippen molar-refractivity contribution in [2.75, 3.05) is 0 Å². The lowest BCUT2D eigenvalue weighted by Crippen LogP contribution is -2.37. The second-order valence-corrected chi connectivity index (χ2v) is 10.7. The number of nitrogens with zero attached hydrogens (tertiary/aromatic N) is 3. The van der Waals surface area contributed by atoms with E-state index in [2.05, 4.69) is 4.98 Å². The van der Waals surface area contributed by atoms with Crippen molar-refractivity contribution in [3.05, 3.63) is 82.6 Å². The number of carbonyl (C=O) groups is 1. The SMILES string of the molecule is CC(C)N(Cc1cnc(S(=O)(=O)Cc2ccccc2)n1C1CC1)C(=O)c1cccc(Cl)c1. The predicted molar refractivity (Wildman–Crippen MR) is 124 cm³/mol. The second kappa shape index (κ2) is 9.08. The number of halogens is 1. The van der Waals surface area contributed by atoms with Crippen molar-refractivity contribution >= 4 is 27.3 Å². The number of rotatable bonds is 8. The standard InChI is InChI=1S/C24H26ClN3O3S/c1-17(2)27(23(29)19-9-6-10-20(25)13-19)15-22-14-26-24(28(22)21-11-12-21)32(30,31)16-18-7-4-3-5-8-18/h3-10,13-14,17,21H,11-12,15-16H2,1-2H3. The van der Waals surface area contributed by atoms with Crippen molar-refractivity contribution in [2.45, 2.75) is 56.2 Å². The quantitative estimate of drug-likeness (QED) is 0.468. The van der Waals surface area contributed by atoms with Crippen LogP contribution in [0.15, 0.2) is 66.0 Å². The van der Waals surface area contributed by atoms with E-state index in [1.807, 2.05) is 36.6 Å². The molecule has 32 heavy (non-hydrogen) atoms. The third-order valence-corrected chi connectivity index (χ3v) is 7.32. The molecule has 1 aliphatic carbocycles. The van der Waals surface area contributed by atoms with E-state index in [-0.39, 0.29) is 35.4 Å². The van der Waals surface area contributed by atoms with E-state index in [4.69, 9.17) is 11.6 Å². The molecule has 0 aliphatic heterocycles. The minimum Gasteiger partial charge on any atom is -0.330 e. The first kappa shape index (κ1) is 22.6. The van der Waals surface area contributed by atoms with Gasteiger partial charge in [0.05, 0.1) is 24.2 Å². The van der Waals surface area contributed by atoms with Crippen molar-refractivity contribution in [3.8, 4) is 0 Å². The molecule has 168 valence electrons. The first-order chi connectivity index (χ1) is 15.3. The van der Waals surface area contributed by atoms with Crippen LogP contribution in [-0.4, -0.2) is 34.8 Å².